The fourth-order valence-corrected chi connectivity index (χ4v) is 5.78. The summed E-state index contributed by atoms with van der Waals surface area (Å²) in [6.07, 6.45) is 1.25. The number of fused-ring (bicyclic) bond motifs is 1. The molecule has 0 atom stereocenters. The molecule has 4 heterocycles. The van der Waals surface area contributed by atoms with Crippen LogP contribution in [-0.4, -0.2) is 61.0 Å². The molecule has 6 rings (SSSR count). The van der Waals surface area contributed by atoms with Crippen molar-refractivity contribution in [3.8, 4) is 17.4 Å². The van der Waals surface area contributed by atoms with E-state index in [0.717, 1.165) is 18.3 Å². The van der Waals surface area contributed by atoms with E-state index in [-0.39, 0.29) is 45.6 Å². The predicted molar refractivity (Wildman–Crippen MR) is 198 cm³/mol. The molecule has 0 bridgehead atoms. The molecule has 5 aromatic rings. The molecular formula is C35H37CuN11O9. The molecule has 0 fully saturated rings. The number of aromatic hydroxyl groups is 2. The van der Waals surface area contributed by atoms with Crippen molar-refractivity contribution in [3.05, 3.63) is 117 Å². The molecule has 0 spiro atoms. The Labute approximate surface area is 326 Å². The average Bonchev–Trinajstić information content (AvgIpc) is 3.62. The van der Waals surface area contributed by atoms with Crippen molar-refractivity contribution in [2.75, 3.05) is 0 Å². The Morgan fingerprint density at radius 2 is 1.12 bits per heavy atom. The number of aromatic nitrogens is 6. The number of H-pyrrole nitrogens is 1. The van der Waals surface area contributed by atoms with Gasteiger partial charge in [0.2, 0.25) is 23.1 Å². The number of benzene rings is 2. The molecule has 2 amide bonds. The van der Waals surface area contributed by atoms with Crippen LogP contribution in [0, 0.1) is 6.92 Å². The molecule has 3 aromatic heterocycles. The second-order valence-corrected chi connectivity index (χ2v) is 12.4. The number of nitrogens with one attached hydrogen (secondary N) is 1. The van der Waals surface area contributed by atoms with Crippen LogP contribution < -0.4 is 28.1 Å². The number of nitrogens with zero attached hydrogens (tertiary/aromatic N) is 10. The van der Waals surface area contributed by atoms with Crippen LogP contribution in [0.3, 0.4) is 0 Å². The van der Waals surface area contributed by atoms with Crippen molar-refractivity contribution >= 4 is 34.6 Å². The summed E-state index contributed by atoms with van der Waals surface area (Å²) in [5.74, 6) is -2.13. The molecule has 1 aliphatic heterocycles. The molecule has 20 nitrogen and oxygen atoms in total. The molecule has 3 N–H and O–H groups in total. The van der Waals surface area contributed by atoms with Crippen LogP contribution in [0.2, 0.25) is 0 Å². The van der Waals surface area contributed by atoms with Gasteiger partial charge in [-0.3, -0.25) is 52.2 Å². The topological polar surface area (TPSA) is 253 Å². The first-order valence-corrected chi connectivity index (χ1v) is 16.8. The van der Waals surface area contributed by atoms with E-state index < -0.39 is 63.0 Å². The second kappa shape index (κ2) is 16.7. The SMILES string of the molecule is CCC(CC)N1C(=O)c2cccc(N=Nc3c(O)n(C)c(=O)n(C)c3=O)c2C1=O.Cc1[nH]n(-c2ccccc2)c(=O)c1N=Nc1c(O)n(C)c(=O)n(C)c1=O.[Cu]. The van der Waals surface area contributed by atoms with E-state index in [9.17, 15) is 43.8 Å². The number of azo groups is 2. The average molecular weight is 819 g/mol. The maximum Gasteiger partial charge on any atom is 0.333 e. The number of carbonyl (C=O) groups excluding carboxylic acids is 2. The molecule has 2 aromatic carbocycles. The number of para-hydroxylation sites is 1. The van der Waals surface area contributed by atoms with Crippen LogP contribution in [0.5, 0.6) is 11.8 Å². The maximum absolute atomic E-state index is 12.9. The quantitative estimate of drug-likeness (QED) is 0.118. The van der Waals surface area contributed by atoms with Crippen molar-refractivity contribution in [2.24, 2.45) is 48.6 Å². The summed E-state index contributed by atoms with van der Waals surface area (Å²) in [6.45, 7) is 5.43. The maximum atomic E-state index is 12.9. The van der Waals surface area contributed by atoms with Crippen LogP contribution in [-0.2, 0) is 45.3 Å². The van der Waals surface area contributed by atoms with Gasteiger partial charge in [-0.2, -0.15) is 0 Å². The Morgan fingerprint density at radius 1 is 0.625 bits per heavy atom. The molecule has 297 valence electrons. The molecule has 21 heteroatoms. The van der Waals surface area contributed by atoms with Gasteiger partial charge in [0.1, 0.15) is 0 Å². The van der Waals surface area contributed by atoms with E-state index in [1.165, 1.54) is 43.8 Å². The summed E-state index contributed by atoms with van der Waals surface area (Å²) in [6, 6.07) is 13.2. The minimum Gasteiger partial charge on any atom is -0.493 e. The Hall–Kier alpha value is -6.73. The van der Waals surface area contributed by atoms with Gasteiger partial charge in [0.15, 0.2) is 5.69 Å². The van der Waals surface area contributed by atoms with Gasteiger partial charge in [-0.05, 0) is 44.0 Å². The van der Waals surface area contributed by atoms with Crippen molar-refractivity contribution in [2.45, 2.75) is 39.7 Å². The second-order valence-electron chi connectivity index (χ2n) is 12.4. The molecule has 0 unspecified atom stereocenters. The van der Waals surface area contributed by atoms with Gasteiger partial charge in [-0.1, -0.05) is 38.1 Å². The number of imide groups is 1. The minimum atomic E-state index is -0.831. The van der Waals surface area contributed by atoms with E-state index >= 15 is 0 Å². The zero-order chi connectivity index (χ0) is 40.5. The smallest absolute Gasteiger partial charge is 0.333 e. The molecule has 0 saturated heterocycles. The van der Waals surface area contributed by atoms with E-state index in [4.69, 9.17) is 0 Å². The van der Waals surface area contributed by atoms with Crippen molar-refractivity contribution in [1.82, 2.24) is 32.9 Å². The van der Waals surface area contributed by atoms with Crippen molar-refractivity contribution in [3.63, 3.8) is 0 Å². The van der Waals surface area contributed by atoms with Gasteiger partial charge in [0, 0.05) is 51.3 Å². The largest absolute Gasteiger partial charge is 0.493 e. The van der Waals surface area contributed by atoms with Gasteiger partial charge < -0.3 is 10.2 Å². The van der Waals surface area contributed by atoms with E-state index in [2.05, 4.69) is 25.6 Å². The Morgan fingerprint density at radius 3 is 1.64 bits per heavy atom. The number of rotatable bonds is 8. The zero-order valence-corrected chi connectivity index (χ0v) is 32.1. The molecule has 1 radical (unpaired) electrons. The number of aromatic amines is 1. The molecular weight excluding hydrogens is 782 g/mol. The first kappa shape index (κ1) is 42.0. The fraction of sp³-hybridized carbons (Fsp3) is 0.286. The van der Waals surface area contributed by atoms with Crippen molar-refractivity contribution < 1.29 is 36.9 Å². The first-order chi connectivity index (χ1) is 26.1. The van der Waals surface area contributed by atoms with E-state index in [0.29, 0.717) is 24.2 Å². The summed E-state index contributed by atoms with van der Waals surface area (Å²) in [5.41, 5.74) is -2.93. The standard InChI is InChI=1S/C19H21N5O5.C16H16N6O4.Cu/c1-5-10(6-2)24-15(25)11-8-7-9-12(13(11)16(24)26)20-21-14-17(27)22(3)19(29)23(4)18(14)28;1-9-11(15(25)22(19-9)10-7-5-4-6-8-10)17-18-12-13(23)20(2)16(26)21(3)14(12)24;/h7-10,27H,5-6H2,1-4H3;4-8,19,23H,1-3H3;. The fourth-order valence-electron chi connectivity index (χ4n) is 5.78. The number of carbonyl (C=O) groups is 2. The summed E-state index contributed by atoms with van der Waals surface area (Å²) in [5, 5.41) is 38.2. The monoisotopic (exact) mass is 818 g/mol. The first-order valence-electron chi connectivity index (χ1n) is 16.8. The Balaban J connectivity index is 0.000000246. The third kappa shape index (κ3) is 7.36. The van der Waals surface area contributed by atoms with Gasteiger partial charge in [-0.15, -0.1) is 20.5 Å². The van der Waals surface area contributed by atoms with Gasteiger partial charge in [0.25, 0.3) is 28.5 Å². The van der Waals surface area contributed by atoms with Crippen LogP contribution >= 0.6 is 0 Å². The third-order valence-corrected chi connectivity index (χ3v) is 9.02. The molecule has 0 aliphatic carbocycles. The van der Waals surface area contributed by atoms with Crippen LogP contribution in [0.1, 0.15) is 53.1 Å². The normalized spacial score (nSPS) is 12.4. The molecule has 1 aliphatic rings. The minimum absolute atomic E-state index is 0. The van der Waals surface area contributed by atoms with Crippen LogP contribution in [0.15, 0.2) is 93.0 Å². The summed E-state index contributed by atoms with van der Waals surface area (Å²) in [7, 11) is 5.08. The number of hydrogen-bond donors (Lipinski definition) is 3. The summed E-state index contributed by atoms with van der Waals surface area (Å²) >= 11 is 0. The Kier molecular flexibility index (Phi) is 12.6. The number of aryl methyl sites for hydroxylation is 1. The van der Waals surface area contributed by atoms with E-state index in [1.54, 1.807) is 43.3 Å². The van der Waals surface area contributed by atoms with Crippen LogP contribution in [0.25, 0.3) is 5.69 Å². The van der Waals surface area contributed by atoms with Gasteiger partial charge >= 0.3 is 11.4 Å². The number of hydrogen-bond acceptors (Lipinski definition) is 13. The summed E-state index contributed by atoms with van der Waals surface area (Å²) < 4.78 is 4.59. The van der Waals surface area contributed by atoms with Gasteiger partial charge in [0.05, 0.1) is 28.2 Å². The van der Waals surface area contributed by atoms with Crippen molar-refractivity contribution in [1.29, 1.82) is 0 Å². The van der Waals surface area contributed by atoms with E-state index in [1.807, 2.05) is 19.9 Å². The molecule has 0 saturated carbocycles. The number of amides is 2. The predicted octanol–water partition coefficient (Wildman–Crippen LogP) is 2.98. The zero-order valence-electron chi connectivity index (χ0n) is 31.1. The van der Waals surface area contributed by atoms with Crippen LogP contribution in [0.4, 0.5) is 22.7 Å². The molecule has 56 heavy (non-hydrogen) atoms. The third-order valence-electron chi connectivity index (χ3n) is 9.02. The Bertz CT molecular complexity index is 2720. The van der Waals surface area contributed by atoms with Gasteiger partial charge in [-0.25, -0.2) is 14.3 Å². The summed E-state index contributed by atoms with van der Waals surface area (Å²) in [4.78, 5) is 87.4.